The first-order valence-electron chi connectivity index (χ1n) is 7.93. The fourth-order valence-corrected chi connectivity index (χ4v) is 3.70. The van der Waals surface area contributed by atoms with Gasteiger partial charge in [-0.2, -0.15) is 14.8 Å². The lowest BCUT2D eigenvalue weighted by molar-refractivity contribution is -0.117. The standard InChI is InChI=1S/C17H16FN5O3S/c18-13-8-4-5-9-15(13)27(25,26)23-14(10-12-6-2-1-3-7-12)16(24)21-17-19-11-20-22-17/h1-9,11,14,23H,10H2,(H2,19,20,21,22,24)/t14-/m1/s1. The summed E-state index contributed by atoms with van der Waals surface area (Å²) in [6.07, 6.45) is 1.26. The van der Waals surface area contributed by atoms with Gasteiger partial charge in [-0.05, 0) is 24.1 Å². The zero-order chi connectivity index (χ0) is 19.3. The number of amides is 1. The van der Waals surface area contributed by atoms with Gasteiger partial charge in [0, 0.05) is 0 Å². The Hall–Kier alpha value is -3.11. The van der Waals surface area contributed by atoms with E-state index < -0.39 is 32.7 Å². The highest BCUT2D eigenvalue weighted by atomic mass is 32.2. The number of hydrogen-bond donors (Lipinski definition) is 3. The Balaban J connectivity index is 1.87. The first-order valence-corrected chi connectivity index (χ1v) is 9.41. The fraction of sp³-hybridized carbons (Fsp3) is 0.118. The Morgan fingerprint density at radius 3 is 2.48 bits per heavy atom. The monoisotopic (exact) mass is 389 g/mol. The van der Waals surface area contributed by atoms with Gasteiger partial charge in [0.15, 0.2) is 0 Å². The lowest BCUT2D eigenvalue weighted by Crippen LogP contribution is -2.45. The molecule has 3 aromatic rings. The number of sulfonamides is 1. The molecule has 1 atom stereocenters. The summed E-state index contributed by atoms with van der Waals surface area (Å²) in [5.74, 6) is -1.49. The molecular weight excluding hydrogens is 373 g/mol. The van der Waals surface area contributed by atoms with Crippen molar-refractivity contribution in [2.24, 2.45) is 0 Å². The van der Waals surface area contributed by atoms with Crippen LogP contribution >= 0.6 is 0 Å². The molecule has 0 bridgehead atoms. The van der Waals surface area contributed by atoms with E-state index in [1.165, 1.54) is 18.5 Å². The minimum absolute atomic E-state index is 0.0640. The van der Waals surface area contributed by atoms with Crippen LogP contribution in [0.4, 0.5) is 10.3 Å². The molecule has 3 rings (SSSR count). The van der Waals surface area contributed by atoms with Crippen LogP contribution in [0.3, 0.4) is 0 Å². The minimum atomic E-state index is -4.27. The minimum Gasteiger partial charge on any atom is -0.294 e. The summed E-state index contributed by atoms with van der Waals surface area (Å²) in [4.78, 5) is 15.8. The predicted octanol–water partition coefficient (Wildman–Crippen LogP) is 1.47. The third kappa shape index (κ3) is 4.74. The van der Waals surface area contributed by atoms with E-state index in [4.69, 9.17) is 0 Å². The van der Waals surface area contributed by atoms with Crippen LogP contribution in [0.25, 0.3) is 0 Å². The Morgan fingerprint density at radius 2 is 1.81 bits per heavy atom. The smallest absolute Gasteiger partial charge is 0.245 e. The molecule has 1 heterocycles. The molecular formula is C17H16FN5O3S. The number of anilines is 1. The molecule has 0 radical (unpaired) electrons. The Bertz CT molecular complexity index is 1010. The number of nitrogens with zero attached hydrogens (tertiary/aromatic N) is 2. The van der Waals surface area contributed by atoms with Crippen LogP contribution in [0.5, 0.6) is 0 Å². The van der Waals surface area contributed by atoms with E-state index in [1.54, 1.807) is 30.3 Å². The summed E-state index contributed by atoms with van der Waals surface area (Å²) in [7, 11) is -4.27. The van der Waals surface area contributed by atoms with Crippen molar-refractivity contribution in [3.63, 3.8) is 0 Å². The summed E-state index contributed by atoms with van der Waals surface area (Å²) in [5.41, 5.74) is 0.728. The maximum absolute atomic E-state index is 13.9. The predicted molar refractivity (Wildman–Crippen MR) is 95.7 cm³/mol. The number of nitrogens with one attached hydrogen (secondary N) is 3. The van der Waals surface area contributed by atoms with E-state index in [-0.39, 0.29) is 12.4 Å². The molecule has 8 nitrogen and oxygen atoms in total. The van der Waals surface area contributed by atoms with Crippen molar-refractivity contribution >= 4 is 21.9 Å². The normalized spacial score (nSPS) is 12.5. The number of benzene rings is 2. The van der Waals surface area contributed by atoms with Gasteiger partial charge in [-0.3, -0.25) is 10.1 Å². The Labute approximate surface area is 154 Å². The molecule has 0 spiro atoms. The van der Waals surface area contributed by atoms with Crippen molar-refractivity contribution in [3.05, 3.63) is 72.3 Å². The summed E-state index contributed by atoms with van der Waals surface area (Å²) in [6, 6.07) is 12.6. The average Bonchev–Trinajstić information content (AvgIpc) is 3.15. The number of hydrogen-bond acceptors (Lipinski definition) is 5. The number of rotatable bonds is 7. The van der Waals surface area contributed by atoms with Gasteiger partial charge >= 0.3 is 0 Å². The number of carbonyl (C=O) groups is 1. The maximum Gasteiger partial charge on any atom is 0.245 e. The topological polar surface area (TPSA) is 117 Å². The highest BCUT2D eigenvalue weighted by Crippen LogP contribution is 2.15. The summed E-state index contributed by atoms with van der Waals surface area (Å²) in [6.45, 7) is 0. The summed E-state index contributed by atoms with van der Waals surface area (Å²) < 4.78 is 41.4. The van der Waals surface area contributed by atoms with E-state index in [1.807, 2.05) is 0 Å². The van der Waals surface area contributed by atoms with Gasteiger partial charge in [0.05, 0.1) is 0 Å². The van der Waals surface area contributed by atoms with Crippen molar-refractivity contribution < 1.29 is 17.6 Å². The highest BCUT2D eigenvalue weighted by Gasteiger charge is 2.28. The third-order valence-corrected chi connectivity index (χ3v) is 5.18. The first kappa shape index (κ1) is 18.7. The third-order valence-electron chi connectivity index (χ3n) is 3.68. The molecule has 0 aliphatic carbocycles. The average molecular weight is 389 g/mol. The van der Waals surface area contributed by atoms with Crippen LogP contribution in [0, 0.1) is 5.82 Å². The van der Waals surface area contributed by atoms with Crippen molar-refractivity contribution in [1.82, 2.24) is 19.9 Å². The molecule has 1 amide bonds. The SMILES string of the molecule is O=C(Nc1ncn[nH]1)[C@@H](Cc1ccccc1)NS(=O)(=O)c1ccccc1F. The van der Waals surface area contributed by atoms with E-state index in [0.29, 0.717) is 0 Å². The van der Waals surface area contributed by atoms with Crippen LogP contribution in [-0.4, -0.2) is 35.5 Å². The van der Waals surface area contributed by atoms with Crippen molar-refractivity contribution in [2.45, 2.75) is 17.4 Å². The zero-order valence-electron chi connectivity index (χ0n) is 14.0. The molecule has 0 fully saturated rings. The van der Waals surface area contributed by atoms with Crippen LogP contribution in [0.1, 0.15) is 5.56 Å². The van der Waals surface area contributed by atoms with Crippen molar-refractivity contribution in [3.8, 4) is 0 Å². The van der Waals surface area contributed by atoms with Crippen LogP contribution in [0.2, 0.25) is 0 Å². The quantitative estimate of drug-likeness (QED) is 0.566. The van der Waals surface area contributed by atoms with Gasteiger partial charge in [-0.1, -0.05) is 42.5 Å². The molecule has 0 saturated heterocycles. The van der Waals surface area contributed by atoms with Gasteiger partial charge in [0.2, 0.25) is 21.9 Å². The van der Waals surface area contributed by atoms with Gasteiger partial charge in [0.25, 0.3) is 0 Å². The zero-order valence-corrected chi connectivity index (χ0v) is 14.8. The van der Waals surface area contributed by atoms with Gasteiger partial charge in [0.1, 0.15) is 23.1 Å². The largest absolute Gasteiger partial charge is 0.294 e. The Kier molecular flexibility index (Phi) is 5.57. The maximum atomic E-state index is 13.9. The summed E-state index contributed by atoms with van der Waals surface area (Å²) >= 11 is 0. The first-order chi connectivity index (χ1) is 13.0. The second-order valence-corrected chi connectivity index (χ2v) is 7.30. The second-order valence-electron chi connectivity index (χ2n) is 5.62. The molecule has 10 heteroatoms. The van der Waals surface area contributed by atoms with E-state index in [0.717, 1.165) is 17.7 Å². The number of H-pyrrole nitrogens is 1. The molecule has 2 aromatic carbocycles. The van der Waals surface area contributed by atoms with Crippen molar-refractivity contribution in [1.29, 1.82) is 0 Å². The lowest BCUT2D eigenvalue weighted by atomic mass is 10.1. The number of aromatic amines is 1. The molecule has 0 saturated carbocycles. The van der Waals surface area contributed by atoms with E-state index in [9.17, 15) is 17.6 Å². The highest BCUT2D eigenvalue weighted by molar-refractivity contribution is 7.89. The molecule has 3 N–H and O–H groups in total. The lowest BCUT2D eigenvalue weighted by Gasteiger charge is -2.18. The second kappa shape index (κ2) is 8.06. The molecule has 27 heavy (non-hydrogen) atoms. The molecule has 0 unspecified atom stereocenters. The summed E-state index contributed by atoms with van der Waals surface area (Å²) in [5, 5.41) is 8.52. The van der Waals surface area contributed by atoms with Gasteiger partial charge < -0.3 is 0 Å². The van der Waals surface area contributed by atoms with E-state index in [2.05, 4.69) is 25.2 Å². The molecule has 1 aromatic heterocycles. The van der Waals surface area contributed by atoms with Crippen LogP contribution in [-0.2, 0) is 21.2 Å². The van der Waals surface area contributed by atoms with Gasteiger partial charge in [-0.25, -0.2) is 17.9 Å². The number of halogens is 1. The van der Waals surface area contributed by atoms with E-state index >= 15 is 0 Å². The van der Waals surface area contributed by atoms with Gasteiger partial charge in [-0.15, -0.1) is 0 Å². The molecule has 0 aliphatic heterocycles. The fourth-order valence-electron chi connectivity index (χ4n) is 2.42. The van der Waals surface area contributed by atoms with Crippen LogP contribution < -0.4 is 10.0 Å². The number of aromatic nitrogens is 3. The molecule has 0 aliphatic rings. The molecule has 140 valence electrons. The number of carbonyl (C=O) groups excluding carboxylic acids is 1. The Morgan fingerprint density at radius 1 is 1.11 bits per heavy atom. The van der Waals surface area contributed by atoms with Crippen molar-refractivity contribution in [2.75, 3.05) is 5.32 Å². The van der Waals surface area contributed by atoms with Crippen LogP contribution in [0.15, 0.2) is 65.8 Å².